The van der Waals surface area contributed by atoms with Crippen molar-refractivity contribution in [2.45, 2.75) is 33.3 Å². The molecule has 0 saturated carbocycles. The van der Waals surface area contributed by atoms with Crippen molar-refractivity contribution >= 4 is 12.1 Å². The summed E-state index contributed by atoms with van der Waals surface area (Å²) in [5.41, 5.74) is -0.662. The third-order valence-corrected chi connectivity index (χ3v) is 2.78. The van der Waals surface area contributed by atoms with Crippen molar-refractivity contribution in [3.8, 4) is 5.69 Å². The summed E-state index contributed by atoms with van der Waals surface area (Å²) in [7, 11) is 0. The normalized spacial score (nSPS) is 11.3. The Bertz CT molecular complexity index is 799. The summed E-state index contributed by atoms with van der Waals surface area (Å²) < 4.78 is 0.941. The van der Waals surface area contributed by atoms with Crippen LogP contribution in [0.1, 0.15) is 26.5 Å². The van der Waals surface area contributed by atoms with E-state index in [0.717, 1.165) is 9.63 Å². The number of carbonyl (C=O) groups is 1. The lowest BCUT2D eigenvalue weighted by molar-refractivity contribution is -0.120. The van der Waals surface area contributed by atoms with Gasteiger partial charge in [0.25, 0.3) is 5.56 Å². The van der Waals surface area contributed by atoms with E-state index >= 15 is 0 Å². The molecule has 1 aromatic heterocycles. The van der Waals surface area contributed by atoms with Gasteiger partial charge < -0.3 is 4.98 Å². The fraction of sp³-hybridized carbons (Fsp3) is 0.312. The quantitative estimate of drug-likeness (QED) is 0.681. The fourth-order valence-corrected chi connectivity index (χ4v) is 1.97. The molecule has 0 aliphatic rings. The summed E-state index contributed by atoms with van der Waals surface area (Å²) in [5, 5.41) is 1.01. The Morgan fingerprint density at radius 3 is 2.57 bits per heavy atom. The number of hydrogen-bond donors (Lipinski definition) is 1. The molecule has 1 heterocycles. The van der Waals surface area contributed by atoms with Crippen molar-refractivity contribution in [2.75, 3.05) is 5.06 Å². The molecule has 0 fully saturated rings. The van der Waals surface area contributed by atoms with E-state index in [2.05, 4.69) is 11.1 Å². The zero-order valence-electron chi connectivity index (χ0n) is 13.4. The summed E-state index contributed by atoms with van der Waals surface area (Å²) in [4.78, 5) is 43.4. The zero-order valence-corrected chi connectivity index (χ0v) is 13.4. The molecule has 7 nitrogen and oxygen atoms in total. The van der Waals surface area contributed by atoms with E-state index < -0.39 is 16.9 Å². The van der Waals surface area contributed by atoms with Gasteiger partial charge in [-0.25, -0.2) is 9.36 Å². The maximum absolute atomic E-state index is 12.0. The van der Waals surface area contributed by atoms with Gasteiger partial charge in [-0.3, -0.25) is 14.4 Å². The molecule has 1 amide bonds. The highest BCUT2D eigenvalue weighted by atomic mass is 16.7. The summed E-state index contributed by atoms with van der Waals surface area (Å²) in [6.07, 6.45) is 0.503. The predicted octanol–water partition coefficient (Wildman–Crippen LogP) is 1.33. The number of rotatable bonds is 4. The van der Waals surface area contributed by atoms with E-state index in [4.69, 9.17) is 4.84 Å². The van der Waals surface area contributed by atoms with E-state index in [1.807, 2.05) is 0 Å². The lowest BCUT2D eigenvalue weighted by atomic mass is 10.2. The van der Waals surface area contributed by atoms with Crippen molar-refractivity contribution in [2.24, 2.45) is 0 Å². The van der Waals surface area contributed by atoms with Crippen LogP contribution in [0.3, 0.4) is 0 Å². The zero-order chi connectivity index (χ0) is 17.2. The van der Waals surface area contributed by atoms with Gasteiger partial charge in [0, 0.05) is 17.8 Å². The number of aromatic nitrogens is 2. The molecular weight excluding hydrogens is 298 g/mol. The smallest absolute Gasteiger partial charge is 0.311 e. The summed E-state index contributed by atoms with van der Waals surface area (Å²) >= 11 is 0. The number of amides is 1. The first-order valence-corrected chi connectivity index (χ1v) is 7.00. The first kappa shape index (κ1) is 16.7. The van der Waals surface area contributed by atoms with Crippen LogP contribution in [0.25, 0.3) is 5.69 Å². The van der Waals surface area contributed by atoms with Gasteiger partial charge in [-0.15, -0.1) is 0 Å². The van der Waals surface area contributed by atoms with E-state index in [1.165, 1.54) is 6.07 Å². The number of anilines is 1. The second-order valence-corrected chi connectivity index (χ2v) is 5.99. The Morgan fingerprint density at radius 2 is 2.00 bits per heavy atom. The number of nitrogens with one attached hydrogen (secondary N) is 1. The maximum atomic E-state index is 12.0. The molecule has 2 aromatic rings. The Morgan fingerprint density at radius 1 is 1.30 bits per heavy atom. The molecule has 0 aliphatic heterocycles. The van der Waals surface area contributed by atoms with Gasteiger partial charge in [0.15, 0.2) is 0 Å². The summed E-state index contributed by atoms with van der Waals surface area (Å²) in [5.74, 6) is 0. The molecular formula is C16H18N3O4. The summed E-state index contributed by atoms with van der Waals surface area (Å²) in [6.45, 7) is 7.01. The summed E-state index contributed by atoms with van der Waals surface area (Å²) in [6, 6.07) is 8.91. The van der Waals surface area contributed by atoms with E-state index in [9.17, 15) is 14.4 Å². The number of aryl methyl sites for hydroxylation is 1. The Kier molecular flexibility index (Phi) is 4.51. The van der Waals surface area contributed by atoms with Gasteiger partial charge in [0.2, 0.25) is 6.41 Å². The topological polar surface area (TPSA) is 84.4 Å². The van der Waals surface area contributed by atoms with Gasteiger partial charge in [-0.05, 0) is 39.8 Å². The first-order chi connectivity index (χ1) is 10.7. The van der Waals surface area contributed by atoms with Crippen molar-refractivity contribution < 1.29 is 9.63 Å². The number of nitrogens with zero attached hydrogens (tertiary/aromatic N) is 2. The van der Waals surface area contributed by atoms with Crippen molar-refractivity contribution in [3.05, 3.63) is 56.9 Å². The molecule has 1 radical (unpaired) electrons. The monoisotopic (exact) mass is 316 g/mol. The minimum atomic E-state index is -0.594. The van der Waals surface area contributed by atoms with Crippen LogP contribution in [0.15, 0.2) is 33.9 Å². The molecule has 7 heteroatoms. The highest BCUT2D eigenvalue weighted by Crippen LogP contribution is 2.19. The first-order valence-electron chi connectivity index (χ1n) is 7.00. The average molecular weight is 316 g/mol. The number of hydroxylamine groups is 1. The molecule has 0 bridgehead atoms. The number of H-pyrrole nitrogens is 1. The van der Waals surface area contributed by atoms with Crippen LogP contribution in [0.5, 0.6) is 0 Å². The highest BCUT2D eigenvalue weighted by molar-refractivity contribution is 5.72. The van der Waals surface area contributed by atoms with Gasteiger partial charge in [0.05, 0.1) is 17.0 Å². The van der Waals surface area contributed by atoms with Crippen molar-refractivity contribution in [3.63, 3.8) is 0 Å². The molecule has 121 valence electrons. The Hall–Kier alpha value is -2.67. The minimum Gasteiger partial charge on any atom is -0.311 e. The molecule has 0 unspecified atom stereocenters. The predicted molar refractivity (Wildman–Crippen MR) is 85.6 cm³/mol. The largest absolute Gasteiger partial charge is 0.333 e. The maximum Gasteiger partial charge on any atom is 0.333 e. The lowest BCUT2D eigenvalue weighted by Gasteiger charge is -2.26. The lowest BCUT2D eigenvalue weighted by Crippen LogP contribution is -2.35. The van der Waals surface area contributed by atoms with Crippen LogP contribution >= 0.6 is 0 Å². The molecule has 0 aliphatic carbocycles. The number of hydrogen-bond acceptors (Lipinski definition) is 4. The highest BCUT2D eigenvalue weighted by Gasteiger charge is 2.18. The molecule has 1 aromatic carbocycles. The van der Waals surface area contributed by atoms with Crippen LogP contribution in [0, 0.1) is 13.0 Å². The Labute approximate surface area is 133 Å². The average Bonchev–Trinajstić information content (AvgIpc) is 2.43. The van der Waals surface area contributed by atoms with Gasteiger partial charge in [-0.2, -0.15) is 5.06 Å². The molecule has 0 spiro atoms. The molecule has 1 N–H and O–H groups in total. The van der Waals surface area contributed by atoms with Crippen LogP contribution in [0.2, 0.25) is 0 Å². The van der Waals surface area contributed by atoms with Gasteiger partial charge >= 0.3 is 5.69 Å². The second kappa shape index (κ2) is 6.21. The molecule has 23 heavy (non-hydrogen) atoms. The number of carbonyl (C=O) groups excluding carboxylic acids is 1. The molecule has 2 rings (SSSR count). The SMILES string of the molecule is Cc1cc(=O)n(-c2[c]c(N(C=O)OC(C)(C)C)ccc2)c(=O)[nH]1. The molecule has 0 saturated heterocycles. The van der Waals surface area contributed by atoms with Crippen LogP contribution in [-0.2, 0) is 9.63 Å². The van der Waals surface area contributed by atoms with E-state index in [0.29, 0.717) is 17.8 Å². The van der Waals surface area contributed by atoms with Crippen LogP contribution < -0.4 is 16.3 Å². The second-order valence-electron chi connectivity index (χ2n) is 5.99. The standard InChI is InChI=1S/C16H18N3O4/c1-11-8-14(21)19(15(22)17-11)13-7-5-6-12(9-13)18(10-20)23-16(2,3)4/h5-8,10H,1-4H3,(H,17,22). The Balaban J connectivity index is 2.51. The number of aromatic amines is 1. The van der Waals surface area contributed by atoms with Gasteiger partial charge in [-0.1, -0.05) is 6.07 Å². The van der Waals surface area contributed by atoms with Crippen molar-refractivity contribution in [1.82, 2.24) is 9.55 Å². The van der Waals surface area contributed by atoms with Gasteiger partial charge in [0.1, 0.15) is 0 Å². The van der Waals surface area contributed by atoms with Crippen LogP contribution in [-0.4, -0.2) is 21.6 Å². The van der Waals surface area contributed by atoms with Crippen molar-refractivity contribution in [1.29, 1.82) is 0 Å². The van der Waals surface area contributed by atoms with E-state index in [-0.39, 0.29) is 5.69 Å². The molecule has 0 atom stereocenters. The third-order valence-electron chi connectivity index (χ3n) is 2.78. The number of benzene rings is 1. The minimum absolute atomic E-state index is 0.220. The fourth-order valence-electron chi connectivity index (χ4n) is 1.97. The van der Waals surface area contributed by atoms with Crippen LogP contribution in [0.4, 0.5) is 5.69 Å². The third kappa shape index (κ3) is 3.95. The van der Waals surface area contributed by atoms with E-state index in [1.54, 1.807) is 45.9 Å².